The normalized spacial score (nSPS) is 10.7. The van der Waals surface area contributed by atoms with E-state index in [1.54, 1.807) is 28.8 Å². The largest absolute Gasteiger partial charge is 0.496 e. The molecule has 1 amide bonds. The first-order valence-electron chi connectivity index (χ1n) is 7.21. The van der Waals surface area contributed by atoms with Crippen molar-refractivity contribution >= 4 is 33.1 Å². The molecule has 0 aliphatic carbocycles. The van der Waals surface area contributed by atoms with Crippen LogP contribution in [-0.2, 0) is 6.54 Å². The summed E-state index contributed by atoms with van der Waals surface area (Å²) in [5.74, 6) is 0.275. The topological polar surface area (TPSA) is 60.3 Å². The van der Waals surface area contributed by atoms with Gasteiger partial charge in [0.15, 0.2) is 0 Å². The second-order valence-corrected chi connectivity index (χ2v) is 5.94. The van der Waals surface area contributed by atoms with Crippen LogP contribution in [0.5, 0.6) is 5.75 Å². The van der Waals surface area contributed by atoms with Gasteiger partial charge >= 0.3 is 4.87 Å². The van der Waals surface area contributed by atoms with Crippen LogP contribution < -0.4 is 14.9 Å². The number of carbonyl (C=O) groups is 1. The van der Waals surface area contributed by atoms with Gasteiger partial charge in [-0.25, -0.2) is 0 Å². The van der Waals surface area contributed by atoms with Gasteiger partial charge in [-0.3, -0.25) is 14.2 Å². The highest BCUT2D eigenvalue weighted by Crippen LogP contribution is 2.23. The van der Waals surface area contributed by atoms with E-state index in [2.05, 4.69) is 5.32 Å². The number of hydrogen-bond acceptors (Lipinski definition) is 4. The van der Waals surface area contributed by atoms with Gasteiger partial charge in [0.1, 0.15) is 5.75 Å². The van der Waals surface area contributed by atoms with Crippen LogP contribution >= 0.6 is 11.3 Å². The highest BCUT2D eigenvalue weighted by Gasteiger charge is 2.13. The molecule has 5 nitrogen and oxygen atoms in total. The van der Waals surface area contributed by atoms with Crippen LogP contribution in [0.1, 0.15) is 17.3 Å². The molecular formula is C17H16N2O3S. The molecule has 2 aromatic carbocycles. The Morgan fingerprint density at radius 1 is 1.26 bits per heavy atom. The Balaban J connectivity index is 1.92. The van der Waals surface area contributed by atoms with Crippen molar-refractivity contribution in [3.05, 3.63) is 57.7 Å². The lowest BCUT2D eigenvalue weighted by Crippen LogP contribution is -2.13. The van der Waals surface area contributed by atoms with Gasteiger partial charge < -0.3 is 10.1 Å². The number of nitrogens with one attached hydrogen (secondary N) is 1. The van der Waals surface area contributed by atoms with E-state index < -0.39 is 0 Å². The fraction of sp³-hybridized carbons (Fsp3) is 0.176. The van der Waals surface area contributed by atoms with E-state index in [1.165, 1.54) is 18.4 Å². The lowest BCUT2D eigenvalue weighted by Gasteiger charge is -2.09. The molecule has 0 atom stereocenters. The molecule has 0 aliphatic rings. The number of nitrogens with zero attached hydrogens (tertiary/aromatic N) is 1. The Bertz CT molecular complexity index is 927. The molecule has 1 heterocycles. The van der Waals surface area contributed by atoms with Crippen LogP contribution in [0.15, 0.2) is 47.3 Å². The van der Waals surface area contributed by atoms with Gasteiger partial charge in [-0.15, -0.1) is 0 Å². The molecule has 0 spiro atoms. The van der Waals surface area contributed by atoms with E-state index in [4.69, 9.17) is 4.74 Å². The summed E-state index contributed by atoms with van der Waals surface area (Å²) in [6.45, 7) is 2.57. The number of thiazole rings is 1. The molecule has 23 heavy (non-hydrogen) atoms. The van der Waals surface area contributed by atoms with Gasteiger partial charge in [-0.05, 0) is 37.3 Å². The van der Waals surface area contributed by atoms with Crippen molar-refractivity contribution in [3.8, 4) is 5.75 Å². The SMILES string of the molecule is CCn1c(=O)sc2cc(NC(=O)c3ccccc3OC)ccc21. The molecule has 3 aromatic rings. The average molecular weight is 328 g/mol. The fourth-order valence-corrected chi connectivity index (χ4v) is 3.47. The van der Waals surface area contributed by atoms with Crippen LogP contribution in [0.3, 0.4) is 0 Å². The van der Waals surface area contributed by atoms with Crippen molar-refractivity contribution in [2.24, 2.45) is 0 Å². The van der Waals surface area contributed by atoms with E-state index in [1.807, 2.05) is 25.1 Å². The van der Waals surface area contributed by atoms with Crippen LogP contribution in [0.25, 0.3) is 10.2 Å². The van der Waals surface area contributed by atoms with E-state index in [-0.39, 0.29) is 10.8 Å². The minimum atomic E-state index is -0.246. The molecule has 0 fully saturated rings. The Morgan fingerprint density at radius 2 is 2.04 bits per heavy atom. The smallest absolute Gasteiger partial charge is 0.308 e. The number of aromatic nitrogens is 1. The Morgan fingerprint density at radius 3 is 2.78 bits per heavy atom. The maximum atomic E-state index is 12.4. The molecule has 118 valence electrons. The van der Waals surface area contributed by atoms with Gasteiger partial charge in [0.05, 0.1) is 22.9 Å². The van der Waals surface area contributed by atoms with Crippen LogP contribution in [0.4, 0.5) is 5.69 Å². The summed E-state index contributed by atoms with van der Waals surface area (Å²) in [4.78, 5) is 24.3. The molecule has 0 radical (unpaired) electrons. The first-order valence-corrected chi connectivity index (χ1v) is 8.03. The van der Waals surface area contributed by atoms with Crippen molar-refractivity contribution in [1.82, 2.24) is 4.57 Å². The van der Waals surface area contributed by atoms with Gasteiger partial charge in [0, 0.05) is 12.2 Å². The highest BCUT2D eigenvalue weighted by atomic mass is 32.1. The summed E-state index contributed by atoms with van der Waals surface area (Å²) in [6, 6.07) is 12.5. The number of anilines is 1. The molecule has 0 saturated carbocycles. The molecule has 0 aliphatic heterocycles. The van der Waals surface area contributed by atoms with Crippen LogP contribution in [0, 0.1) is 0 Å². The number of carbonyl (C=O) groups excluding carboxylic acids is 1. The standard InChI is InChI=1S/C17H16N2O3S/c1-3-19-13-9-8-11(10-15(13)23-17(19)21)18-16(20)12-6-4-5-7-14(12)22-2/h4-10H,3H2,1-2H3,(H,18,20). The second-order valence-electron chi connectivity index (χ2n) is 4.95. The summed E-state index contributed by atoms with van der Waals surface area (Å²) >= 11 is 1.18. The Labute approximate surface area is 137 Å². The first kappa shape index (κ1) is 15.3. The zero-order valence-corrected chi connectivity index (χ0v) is 13.6. The average Bonchev–Trinajstić information content (AvgIpc) is 2.88. The molecule has 3 rings (SSSR count). The predicted molar refractivity (Wildman–Crippen MR) is 92.7 cm³/mol. The number of rotatable bonds is 4. The number of methoxy groups -OCH3 is 1. The maximum absolute atomic E-state index is 12.4. The van der Waals surface area contributed by atoms with E-state index >= 15 is 0 Å². The maximum Gasteiger partial charge on any atom is 0.308 e. The molecule has 1 aromatic heterocycles. The monoisotopic (exact) mass is 328 g/mol. The fourth-order valence-electron chi connectivity index (χ4n) is 2.47. The second kappa shape index (κ2) is 6.26. The molecule has 6 heteroatoms. The van der Waals surface area contributed by atoms with Crippen LogP contribution in [0.2, 0.25) is 0 Å². The number of amides is 1. The predicted octanol–water partition coefficient (Wildman–Crippen LogP) is 3.34. The summed E-state index contributed by atoms with van der Waals surface area (Å²) in [5.41, 5.74) is 2.00. The number of benzene rings is 2. The van der Waals surface area contributed by atoms with Crippen LogP contribution in [-0.4, -0.2) is 17.6 Å². The zero-order valence-electron chi connectivity index (χ0n) is 12.8. The molecule has 0 unspecified atom stereocenters. The van der Waals surface area contributed by atoms with Crippen molar-refractivity contribution in [2.45, 2.75) is 13.5 Å². The summed E-state index contributed by atoms with van der Waals surface area (Å²) in [7, 11) is 1.53. The third kappa shape index (κ3) is 2.85. The lowest BCUT2D eigenvalue weighted by atomic mass is 10.2. The van der Waals surface area contributed by atoms with E-state index in [9.17, 15) is 9.59 Å². The van der Waals surface area contributed by atoms with Crippen molar-refractivity contribution in [2.75, 3.05) is 12.4 Å². The molecule has 0 saturated heterocycles. The third-order valence-corrected chi connectivity index (χ3v) is 4.54. The van der Waals surface area contributed by atoms with Gasteiger partial charge in [-0.1, -0.05) is 23.5 Å². The van der Waals surface area contributed by atoms with Gasteiger partial charge in [0.2, 0.25) is 0 Å². The van der Waals surface area contributed by atoms with Crippen molar-refractivity contribution < 1.29 is 9.53 Å². The minimum absolute atomic E-state index is 0.00991. The zero-order chi connectivity index (χ0) is 16.4. The molecular weight excluding hydrogens is 312 g/mol. The molecule has 1 N–H and O–H groups in total. The quantitative estimate of drug-likeness (QED) is 0.799. The van der Waals surface area contributed by atoms with Gasteiger partial charge in [0.25, 0.3) is 5.91 Å². The minimum Gasteiger partial charge on any atom is -0.496 e. The van der Waals surface area contributed by atoms with Crippen molar-refractivity contribution in [1.29, 1.82) is 0 Å². The Kier molecular flexibility index (Phi) is 4.16. The third-order valence-electron chi connectivity index (χ3n) is 3.59. The van der Waals surface area contributed by atoms with Crippen molar-refractivity contribution in [3.63, 3.8) is 0 Å². The lowest BCUT2D eigenvalue weighted by molar-refractivity contribution is 0.102. The number of hydrogen-bond donors (Lipinski definition) is 1. The van der Waals surface area contributed by atoms with Gasteiger partial charge in [-0.2, -0.15) is 0 Å². The number of ether oxygens (including phenoxy) is 1. The number of fused-ring (bicyclic) bond motifs is 1. The Hall–Kier alpha value is -2.60. The van der Waals surface area contributed by atoms with E-state index in [0.29, 0.717) is 23.5 Å². The number of para-hydroxylation sites is 1. The first-order chi connectivity index (χ1) is 11.1. The highest BCUT2D eigenvalue weighted by molar-refractivity contribution is 7.16. The summed E-state index contributed by atoms with van der Waals surface area (Å²) in [6.07, 6.45) is 0. The summed E-state index contributed by atoms with van der Waals surface area (Å²) in [5, 5.41) is 2.85. The molecule has 0 bridgehead atoms. The number of aryl methyl sites for hydroxylation is 1. The van der Waals surface area contributed by atoms with E-state index in [0.717, 1.165) is 10.2 Å². The summed E-state index contributed by atoms with van der Waals surface area (Å²) < 4.78 is 7.77.